The molecule has 9 nitrogen and oxygen atoms in total. The van der Waals surface area contributed by atoms with Crippen molar-refractivity contribution in [1.82, 2.24) is 29.5 Å². The molecule has 1 aromatic carbocycles. The second-order valence-electron chi connectivity index (χ2n) is 7.91. The Morgan fingerprint density at radius 1 is 1.15 bits per heavy atom. The van der Waals surface area contributed by atoms with Crippen LogP contribution in [-0.2, 0) is 23.2 Å². The van der Waals surface area contributed by atoms with E-state index in [4.69, 9.17) is 9.78 Å². The van der Waals surface area contributed by atoms with Gasteiger partial charge in [-0.25, -0.2) is 28.8 Å². The van der Waals surface area contributed by atoms with Crippen LogP contribution in [0.1, 0.15) is 35.5 Å². The Labute approximate surface area is 190 Å². The van der Waals surface area contributed by atoms with Crippen LogP contribution in [0, 0.1) is 19.7 Å². The molecule has 1 aliphatic rings. The fourth-order valence-electron chi connectivity index (χ4n) is 4.24. The van der Waals surface area contributed by atoms with E-state index in [2.05, 4.69) is 32.4 Å². The van der Waals surface area contributed by atoms with E-state index in [0.29, 0.717) is 24.1 Å². The SMILES string of the molecule is CCc1c(Nc2cc(-n3nc(C)c(C4COO4)c3C)ncn2)nn(C)c1-c1ccc(F)cc1. The number of anilines is 2. The van der Waals surface area contributed by atoms with Crippen LogP contribution in [0.15, 0.2) is 36.7 Å². The minimum Gasteiger partial charge on any atom is -0.323 e. The summed E-state index contributed by atoms with van der Waals surface area (Å²) in [6.07, 6.45) is 2.13. The van der Waals surface area contributed by atoms with Gasteiger partial charge >= 0.3 is 0 Å². The molecule has 0 spiro atoms. The Kier molecular flexibility index (Phi) is 5.39. The van der Waals surface area contributed by atoms with Gasteiger partial charge in [-0.05, 0) is 44.5 Å². The van der Waals surface area contributed by atoms with Gasteiger partial charge in [0.05, 0.1) is 11.4 Å². The maximum Gasteiger partial charge on any atom is 0.159 e. The fraction of sp³-hybridized carbons (Fsp3) is 0.304. The minimum atomic E-state index is -0.269. The highest BCUT2D eigenvalue weighted by Crippen LogP contribution is 2.33. The molecule has 170 valence electrons. The Morgan fingerprint density at radius 3 is 2.58 bits per heavy atom. The number of aryl methyl sites for hydroxylation is 2. The first kappa shape index (κ1) is 21.2. The molecular formula is C23H24FN7O2. The summed E-state index contributed by atoms with van der Waals surface area (Å²) in [5.74, 6) is 1.65. The number of nitrogens with zero attached hydrogens (tertiary/aromatic N) is 6. The molecule has 4 heterocycles. The Balaban J connectivity index is 1.48. The second kappa shape index (κ2) is 8.38. The van der Waals surface area contributed by atoms with Crippen molar-refractivity contribution in [3.8, 4) is 17.1 Å². The van der Waals surface area contributed by atoms with Gasteiger partial charge < -0.3 is 5.32 Å². The zero-order valence-corrected chi connectivity index (χ0v) is 18.8. The fourth-order valence-corrected chi connectivity index (χ4v) is 4.24. The van der Waals surface area contributed by atoms with Gasteiger partial charge in [-0.15, -0.1) is 0 Å². The number of hydrogen-bond donors (Lipinski definition) is 1. The number of rotatable bonds is 6. The summed E-state index contributed by atoms with van der Waals surface area (Å²) in [6.45, 7) is 6.50. The molecule has 1 unspecified atom stereocenters. The highest BCUT2D eigenvalue weighted by Gasteiger charge is 2.30. The summed E-state index contributed by atoms with van der Waals surface area (Å²) in [4.78, 5) is 18.8. The normalized spacial score (nSPS) is 15.5. The van der Waals surface area contributed by atoms with Crippen molar-refractivity contribution in [2.45, 2.75) is 33.3 Å². The molecular weight excluding hydrogens is 425 g/mol. The van der Waals surface area contributed by atoms with Crippen LogP contribution in [0.4, 0.5) is 16.0 Å². The predicted octanol–water partition coefficient (Wildman–Crippen LogP) is 4.13. The van der Waals surface area contributed by atoms with Gasteiger partial charge in [0.2, 0.25) is 0 Å². The standard InChI is InChI=1S/C23H24FN7O2/c1-5-17-22(15-6-8-16(24)9-7-15)30(4)29-23(17)27-19-10-20(26-12-25-19)31-14(3)21(13(2)28-31)18-11-32-33-18/h6-10,12,18H,5,11H2,1-4H3,(H,25,26,27,29). The van der Waals surface area contributed by atoms with E-state index >= 15 is 0 Å². The highest BCUT2D eigenvalue weighted by atomic mass is 19.1. The predicted molar refractivity (Wildman–Crippen MR) is 120 cm³/mol. The average molecular weight is 449 g/mol. The molecule has 0 amide bonds. The number of aromatic nitrogens is 6. The third-order valence-corrected chi connectivity index (χ3v) is 5.81. The molecule has 0 saturated carbocycles. The van der Waals surface area contributed by atoms with E-state index in [1.165, 1.54) is 18.5 Å². The van der Waals surface area contributed by atoms with Gasteiger partial charge in [-0.3, -0.25) is 4.68 Å². The number of halogens is 1. The lowest BCUT2D eigenvalue weighted by molar-refractivity contribution is -0.429. The van der Waals surface area contributed by atoms with E-state index in [0.717, 1.165) is 40.2 Å². The minimum absolute atomic E-state index is 0.108. The van der Waals surface area contributed by atoms with Crippen LogP contribution >= 0.6 is 0 Å². The number of hydrogen-bond acceptors (Lipinski definition) is 7. The lowest BCUT2D eigenvalue weighted by Gasteiger charge is -2.24. The zero-order valence-electron chi connectivity index (χ0n) is 18.8. The van der Waals surface area contributed by atoms with Crippen LogP contribution < -0.4 is 5.32 Å². The molecule has 1 N–H and O–H groups in total. The van der Waals surface area contributed by atoms with Crippen molar-refractivity contribution in [2.75, 3.05) is 11.9 Å². The molecule has 3 aromatic heterocycles. The quantitative estimate of drug-likeness (QED) is 0.443. The van der Waals surface area contributed by atoms with Crippen LogP contribution in [-0.4, -0.2) is 36.1 Å². The smallest absolute Gasteiger partial charge is 0.159 e. The first-order valence-corrected chi connectivity index (χ1v) is 10.7. The maximum atomic E-state index is 13.4. The van der Waals surface area contributed by atoms with E-state index in [-0.39, 0.29) is 11.9 Å². The molecule has 1 saturated heterocycles. The Morgan fingerprint density at radius 2 is 1.91 bits per heavy atom. The molecule has 4 aromatic rings. The molecule has 0 bridgehead atoms. The van der Waals surface area contributed by atoms with E-state index in [1.807, 2.05) is 27.0 Å². The molecule has 1 aliphatic heterocycles. The summed E-state index contributed by atoms with van der Waals surface area (Å²) in [7, 11) is 1.87. The van der Waals surface area contributed by atoms with Gasteiger partial charge in [-0.2, -0.15) is 10.2 Å². The lowest BCUT2D eigenvalue weighted by atomic mass is 10.1. The Hall–Kier alpha value is -3.63. The van der Waals surface area contributed by atoms with Crippen LogP contribution in [0.3, 0.4) is 0 Å². The first-order valence-electron chi connectivity index (χ1n) is 10.7. The Bertz CT molecular complexity index is 1310. The molecule has 5 rings (SSSR count). The average Bonchev–Trinajstić information content (AvgIpc) is 3.24. The van der Waals surface area contributed by atoms with Gasteiger partial charge in [0, 0.05) is 35.5 Å². The lowest BCUT2D eigenvalue weighted by Crippen LogP contribution is -2.23. The van der Waals surface area contributed by atoms with E-state index < -0.39 is 0 Å². The highest BCUT2D eigenvalue weighted by molar-refractivity contribution is 5.72. The summed E-state index contributed by atoms with van der Waals surface area (Å²) in [5.41, 5.74) is 5.67. The molecule has 10 heteroatoms. The van der Waals surface area contributed by atoms with Gasteiger partial charge in [0.25, 0.3) is 0 Å². The van der Waals surface area contributed by atoms with Crippen LogP contribution in [0.25, 0.3) is 17.1 Å². The largest absolute Gasteiger partial charge is 0.323 e. The summed E-state index contributed by atoms with van der Waals surface area (Å²) >= 11 is 0. The van der Waals surface area contributed by atoms with Crippen molar-refractivity contribution in [3.63, 3.8) is 0 Å². The topological polar surface area (TPSA) is 91.9 Å². The van der Waals surface area contributed by atoms with Gasteiger partial charge in [-0.1, -0.05) is 6.92 Å². The monoisotopic (exact) mass is 449 g/mol. The van der Waals surface area contributed by atoms with E-state index in [9.17, 15) is 4.39 Å². The number of benzene rings is 1. The summed E-state index contributed by atoms with van der Waals surface area (Å²) in [5, 5.41) is 12.6. The van der Waals surface area contributed by atoms with E-state index in [1.54, 1.807) is 21.5 Å². The summed E-state index contributed by atoms with van der Waals surface area (Å²) in [6, 6.07) is 8.25. The second-order valence-corrected chi connectivity index (χ2v) is 7.91. The van der Waals surface area contributed by atoms with Crippen molar-refractivity contribution in [2.24, 2.45) is 7.05 Å². The third kappa shape index (κ3) is 3.77. The zero-order chi connectivity index (χ0) is 23.1. The van der Waals surface area contributed by atoms with Crippen LogP contribution in [0.2, 0.25) is 0 Å². The van der Waals surface area contributed by atoms with Gasteiger partial charge in [0.1, 0.15) is 30.7 Å². The number of nitrogens with one attached hydrogen (secondary N) is 1. The molecule has 0 radical (unpaired) electrons. The first-order chi connectivity index (χ1) is 16.0. The maximum absolute atomic E-state index is 13.4. The third-order valence-electron chi connectivity index (χ3n) is 5.81. The molecule has 33 heavy (non-hydrogen) atoms. The molecule has 0 aliphatic carbocycles. The van der Waals surface area contributed by atoms with Crippen molar-refractivity contribution in [3.05, 3.63) is 65.0 Å². The van der Waals surface area contributed by atoms with Crippen LogP contribution in [0.5, 0.6) is 0 Å². The van der Waals surface area contributed by atoms with Crippen molar-refractivity contribution >= 4 is 11.6 Å². The summed E-state index contributed by atoms with van der Waals surface area (Å²) < 4.78 is 17.0. The van der Waals surface area contributed by atoms with Gasteiger partial charge in [0.15, 0.2) is 11.6 Å². The van der Waals surface area contributed by atoms with Crippen molar-refractivity contribution in [1.29, 1.82) is 0 Å². The van der Waals surface area contributed by atoms with Crippen molar-refractivity contribution < 1.29 is 14.2 Å². The molecule has 1 atom stereocenters. The molecule has 1 fully saturated rings.